The molecule has 6 heteroatoms. The molecule has 0 amide bonds. The van der Waals surface area contributed by atoms with Crippen LogP contribution in [-0.2, 0) is 10.3 Å². The van der Waals surface area contributed by atoms with E-state index in [1.54, 1.807) is 27.0 Å². The van der Waals surface area contributed by atoms with Crippen molar-refractivity contribution in [2.75, 3.05) is 0 Å². The van der Waals surface area contributed by atoms with Crippen LogP contribution in [0.5, 0.6) is 0 Å². The normalized spacial score (nSPS) is 27.7. The number of aliphatic hydroxyl groups excluding tert-OH is 1. The Morgan fingerprint density at radius 2 is 2.22 bits per heavy atom. The fourth-order valence-corrected chi connectivity index (χ4v) is 1.98. The molecule has 0 aromatic carbocycles. The summed E-state index contributed by atoms with van der Waals surface area (Å²) >= 11 is 0. The van der Waals surface area contributed by atoms with Crippen molar-refractivity contribution in [2.24, 2.45) is 5.73 Å². The number of aliphatic hydroxyl groups is 1. The second-order valence-corrected chi connectivity index (χ2v) is 5.86. The number of carbonyl (C=O) groups is 1. The summed E-state index contributed by atoms with van der Waals surface area (Å²) in [6, 6.07) is 0. The molecule has 0 atom stereocenters. The van der Waals surface area contributed by atoms with E-state index in [0.717, 1.165) is 0 Å². The van der Waals surface area contributed by atoms with Crippen molar-refractivity contribution in [1.82, 2.24) is 9.55 Å². The molecule has 0 bridgehead atoms. The van der Waals surface area contributed by atoms with Gasteiger partial charge in [0.2, 0.25) is 0 Å². The molecule has 1 heterocycles. The molecule has 0 unspecified atom stereocenters. The van der Waals surface area contributed by atoms with Crippen molar-refractivity contribution in [3.05, 3.63) is 18.2 Å². The van der Waals surface area contributed by atoms with Gasteiger partial charge in [0, 0.05) is 6.20 Å². The molecule has 100 valence electrons. The number of carbonyl (C=O) groups excluding carboxylic acids is 1. The summed E-state index contributed by atoms with van der Waals surface area (Å²) in [5.41, 5.74) is 5.51. The van der Waals surface area contributed by atoms with E-state index in [4.69, 9.17) is 10.5 Å². The minimum absolute atomic E-state index is 0.373. The van der Waals surface area contributed by atoms with Crippen LogP contribution in [0.1, 0.15) is 39.3 Å². The number of hydrogen-bond donors (Lipinski definition) is 2. The smallest absolute Gasteiger partial charge is 0.419 e. The van der Waals surface area contributed by atoms with E-state index in [0.29, 0.717) is 18.5 Å². The minimum Gasteiger partial charge on any atom is -0.443 e. The van der Waals surface area contributed by atoms with E-state index in [1.807, 2.05) is 0 Å². The Bertz CT molecular complexity index is 455. The predicted octanol–water partition coefficient (Wildman–Crippen LogP) is 0.975. The maximum Gasteiger partial charge on any atom is 0.419 e. The highest BCUT2D eigenvalue weighted by molar-refractivity contribution is 5.70. The number of hydrogen-bond acceptors (Lipinski definition) is 5. The standard InChI is InChI=1S/C12H19N3O3/c1-11(2,3)18-10(17)15-6-9(14-7-15)12(13)4-8(16)5-12/h6-8,16H,4-5,13H2,1-3H3. The first-order chi connectivity index (χ1) is 8.20. The Morgan fingerprint density at radius 3 is 2.72 bits per heavy atom. The quantitative estimate of drug-likeness (QED) is 0.778. The SMILES string of the molecule is CC(C)(C)OC(=O)n1cnc(C2(N)CC(O)C2)c1. The average Bonchev–Trinajstić information content (AvgIpc) is 2.61. The Kier molecular flexibility index (Phi) is 2.95. The van der Waals surface area contributed by atoms with Crippen LogP contribution >= 0.6 is 0 Å². The lowest BCUT2D eigenvalue weighted by atomic mass is 9.73. The zero-order valence-corrected chi connectivity index (χ0v) is 10.9. The number of ether oxygens (including phenoxy) is 1. The van der Waals surface area contributed by atoms with Crippen LogP contribution in [-0.4, -0.2) is 32.5 Å². The second kappa shape index (κ2) is 4.07. The summed E-state index contributed by atoms with van der Waals surface area (Å²) in [4.78, 5) is 15.9. The molecule has 2 rings (SSSR count). The fraction of sp³-hybridized carbons (Fsp3) is 0.667. The number of nitrogens with two attached hydrogens (primary N) is 1. The van der Waals surface area contributed by atoms with Gasteiger partial charge in [-0.05, 0) is 33.6 Å². The van der Waals surface area contributed by atoms with Gasteiger partial charge in [-0.1, -0.05) is 0 Å². The lowest BCUT2D eigenvalue weighted by molar-refractivity contribution is 0.0189. The van der Waals surface area contributed by atoms with Crippen molar-refractivity contribution < 1.29 is 14.6 Å². The van der Waals surface area contributed by atoms with E-state index in [2.05, 4.69) is 4.98 Å². The average molecular weight is 253 g/mol. The van der Waals surface area contributed by atoms with Crippen LogP contribution in [0.3, 0.4) is 0 Å². The van der Waals surface area contributed by atoms with Gasteiger partial charge in [-0.2, -0.15) is 0 Å². The van der Waals surface area contributed by atoms with Gasteiger partial charge in [0.05, 0.1) is 17.3 Å². The molecule has 0 radical (unpaired) electrons. The highest BCUT2D eigenvalue weighted by atomic mass is 16.6. The topological polar surface area (TPSA) is 90.4 Å². The molecule has 18 heavy (non-hydrogen) atoms. The van der Waals surface area contributed by atoms with Crippen molar-refractivity contribution >= 4 is 6.09 Å². The second-order valence-electron chi connectivity index (χ2n) is 5.86. The first-order valence-corrected chi connectivity index (χ1v) is 5.94. The van der Waals surface area contributed by atoms with Gasteiger partial charge in [-0.15, -0.1) is 0 Å². The van der Waals surface area contributed by atoms with Gasteiger partial charge in [0.25, 0.3) is 0 Å². The van der Waals surface area contributed by atoms with Crippen molar-refractivity contribution in [1.29, 1.82) is 0 Å². The van der Waals surface area contributed by atoms with Crippen molar-refractivity contribution in [2.45, 2.75) is 50.9 Å². The van der Waals surface area contributed by atoms with E-state index >= 15 is 0 Å². The maximum absolute atomic E-state index is 11.8. The molecule has 1 aliphatic carbocycles. The van der Waals surface area contributed by atoms with Crippen LogP contribution in [0, 0.1) is 0 Å². The van der Waals surface area contributed by atoms with Crippen LogP contribution in [0.4, 0.5) is 4.79 Å². The summed E-state index contributed by atoms with van der Waals surface area (Å²) in [6.45, 7) is 5.40. The number of rotatable bonds is 1. The lowest BCUT2D eigenvalue weighted by Gasteiger charge is -2.40. The highest BCUT2D eigenvalue weighted by Crippen LogP contribution is 2.37. The Hall–Kier alpha value is -1.40. The molecule has 1 saturated carbocycles. The summed E-state index contributed by atoms with van der Waals surface area (Å²) in [5.74, 6) is 0. The van der Waals surface area contributed by atoms with Crippen LogP contribution < -0.4 is 5.73 Å². The summed E-state index contributed by atoms with van der Waals surface area (Å²) in [5, 5.41) is 9.31. The third kappa shape index (κ3) is 2.54. The van der Waals surface area contributed by atoms with Gasteiger partial charge in [0.15, 0.2) is 0 Å². The molecule has 0 aliphatic heterocycles. The molecular weight excluding hydrogens is 234 g/mol. The van der Waals surface area contributed by atoms with Crippen LogP contribution in [0.25, 0.3) is 0 Å². The van der Waals surface area contributed by atoms with Crippen molar-refractivity contribution in [3.8, 4) is 0 Å². The van der Waals surface area contributed by atoms with E-state index < -0.39 is 17.2 Å². The van der Waals surface area contributed by atoms with E-state index in [1.165, 1.54) is 10.9 Å². The molecule has 1 aromatic rings. The molecular formula is C12H19N3O3. The summed E-state index contributed by atoms with van der Waals surface area (Å²) in [7, 11) is 0. The van der Waals surface area contributed by atoms with Gasteiger partial charge in [-0.3, -0.25) is 0 Å². The largest absolute Gasteiger partial charge is 0.443 e. The zero-order valence-electron chi connectivity index (χ0n) is 10.9. The molecule has 1 fully saturated rings. The van der Waals surface area contributed by atoms with Gasteiger partial charge in [-0.25, -0.2) is 14.3 Å². The molecule has 0 saturated heterocycles. The van der Waals surface area contributed by atoms with Crippen LogP contribution in [0.2, 0.25) is 0 Å². The predicted molar refractivity (Wildman–Crippen MR) is 65.0 cm³/mol. The third-order valence-electron chi connectivity index (χ3n) is 2.90. The van der Waals surface area contributed by atoms with Crippen molar-refractivity contribution in [3.63, 3.8) is 0 Å². The monoisotopic (exact) mass is 253 g/mol. The van der Waals surface area contributed by atoms with Gasteiger partial charge >= 0.3 is 6.09 Å². The molecule has 6 nitrogen and oxygen atoms in total. The van der Waals surface area contributed by atoms with Gasteiger partial charge < -0.3 is 15.6 Å². The molecule has 1 aromatic heterocycles. The number of aromatic nitrogens is 2. The Labute approximate surface area is 106 Å². The van der Waals surface area contributed by atoms with Gasteiger partial charge in [0.1, 0.15) is 11.9 Å². The Balaban J connectivity index is 2.09. The van der Waals surface area contributed by atoms with E-state index in [9.17, 15) is 9.90 Å². The fourth-order valence-electron chi connectivity index (χ4n) is 1.98. The van der Waals surface area contributed by atoms with E-state index in [-0.39, 0.29) is 6.10 Å². The first kappa shape index (κ1) is 13.0. The minimum atomic E-state index is -0.618. The third-order valence-corrected chi connectivity index (χ3v) is 2.90. The Morgan fingerprint density at radius 1 is 1.61 bits per heavy atom. The molecule has 1 aliphatic rings. The first-order valence-electron chi connectivity index (χ1n) is 5.94. The zero-order chi connectivity index (χ0) is 13.6. The summed E-state index contributed by atoms with van der Waals surface area (Å²) < 4.78 is 6.49. The van der Waals surface area contributed by atoms with Crippen LogP contribution in [0.15, 0.2) is 12.5 Å². The number of imidazole rings is 1. The maximum atomic E-state index is 11.8. The highest BCUT2D eigenvalue weighted by Gasteiger charge is 2.43. The lowest BCUT2D eigenvalue weighted by Crippen LogP contribution is -2.51. The summed E-state index contributed by atoms with van der Waals surface area (Å²) in [6.07, 6.45) is 3.05. The number of nitrogens with zero attached hydrogens (tertiary/aromatic N) is 2. The molecule has 3 N–H and O–H groups in total. The molecule has 0 spiro atoms.